The average molecular weight is 356 g/mol. The van der Waals surface area contributed by atoms with E-state index in [2.05, 4.69) is 15.3 Å². The highest BCUT2D eigenvalue weighted by atomic mass is 32.1. The number of carboxylic acid groups (broad SMARTS) is 1. The van der Waals surface area contributed by atoms with E-state index in [0.717, 1.165) is 15.9 Å². The zero-order valence-corrected chi connectivity index (χ0v) is 14.1. The molecule has 4 rings (SSSR count). The highest BCUT2D eigenvalue weighted by Crippen LogP contribution is 2.29. The molecule has 1 atom stereocenters. The number of ether oxygens (including phenoxy) is 1. The van der Waals surface area contributed by atoms with E-state index in [-0.39, 0.29) is 6.10 Å². The SMILES string of the molecule is O=C(O)N1CCC(Oc2ccccc2Nc2ncc3ccsc3n2)C1. The Labute approximate surface area is 147 Å². The quantitative estimate of drug-likeness (QED) is 0.743. The first-order valence-electron chi connectivity index (χ1n) is 7.90. The van der Waals surface area contributed by atoms with Crippen LogP contribution in [0.3, 0.4) is 0 Å². The Morgan fingerprint density at radius 3 is 3.08 bits per heavy atom. The lowest BCUT2D eigenvalue weighted by Gasteiger charge is -2.17. The number of benzene rings is 1. The number of aromatic nitrogens is 2. The summed E-state index contributed by atoms with van der Waals surface area (Å²) in [5, 5.41) is 15.2. The van der Waals surface area contributed by atoms with Crippen LogP contribution in [0.2, 0.25) is 0 Å². The number of fused-ring (bicyclic) bond motifs is 1. The maximum Gasteiger partial charge on any atom is 0.407 e. The number of thiophene rings is 1. The van der Waals surface area contributed by atoms with Gasteiger partial charge in [-0.3, -0.25) is 0 Å². The summed E-state index contributed by atoms with van der Waals surface area (Å²) < 4.78 is 6.01. The predicted octanol–water partition coefficient (Wildman–Crippen LogP) is 3.57. The van der Waals surface area contributed by atoms with Crippen LogP contribution in [0, 0.1) is 0 Å². The summed E-state index contributed by atoms with van der Waals surface area (Å²) in [6.45, 7) is 0.870. The van der Waals surface area contributed by atoms with Gasteiger partial charge in [-0.05, 0) is 23.6 Å². The predicted molar refractivity (Wildman–Crippen MR) is 95.8 cm³/mol. The molecule has 25 heavy (non-hydrogen) atoms. The fourth-order valence-corrected chi connectivity index (χ4v) is 3.53. The lowest BCUT2D eigenvalue weighted by molar-refractivity contribution is 0.146. The third kappa shape index (κ3) is 3.34. The van der Waals surface area contributed by atoms with Crippen LogP contribution >= 0.6 is 11.3 Å². The summed E-state index contributed by atoms with van der Waals surface area (Å²) in [6.07, 6.45) is 1.40. The molecular formula is C17H16N4O3S. The summed E-state index contributed by atoms with van der Waals surface area (Å²) in [4.78, 5) is 22.1. The number of hydrogen-bond donors (Lipinski definition) is 2. The first-order valence-corrected chi connectivity index (χ1v) is 8.78. The second kappa shape index (κ2) is 6.56. The third-order valence-electron chi connectivity index (χ3n) is 4.05. The molecule has 0 radical (unpaired) electrons. The highest BCUT2D eigenvalue weighted by Gasteiger charge is 2.27. The second-order valence-corrected chi connectivity index (χ2v) is 6.65. The number of para-hydroxylation sites is 2. The summed E-state index contributed by atoms with van der Waals surface area (Å²) in [7, 11) is 0. The number of carbonyl (C=O) groups is 1. The maximum absolute atomic E-state index is 11.0. The molecule has 1 aliphatic rings. The molecule has 1 unspecified atom stereocenters. The van der Waals surface area contributed by atoms with Crippen LogP contribution in [0.5, 0.6) is 5.75 Å². The Hall–Kier alpha value is -2.87. The van der Waals surface area contributed by atoms with Gasteiger partial charge in [-0.25, -0.2) is 14.8 Å². The molecular weight excluding hydrogens is 340 g/mol. The fourth-order valence-electron chi connectivity index (χ4n) is 2.79. The lowest BCUT2D eigenvalue weighted by Crippen LogP contribution is -2.29. The monoisotopic (exact) mass is 356 g/mol. The summed E-state index contributed by atoms with van der Waals surface area (Å²) >= 11 is 1.56. The largest absolute Gasteiger partial charge is 0.486 e. The normalized spacial score (nSPS) is 17.0. The minimum Gasteiger partial charge on any atom is -0.486 e. The molecule has 1 amide bonds. The molecule has 0 bridgehead atoms. The number of likely N-dealkylation sites (tertiary alicyclic amines) is 1. The van der Waals surface area contributed by atoms with Crippen LogP contribution in [-0.2, 0) is 0 Å². The van der Waals surface area contributed by atoms with Gasteiger partial charge >= 0.3 is 6.09 Å². The van der Waals surface area contributed by atoms with Crippen molar-refractivity contribution in [3.63, 3.8) is 0 Å². The second-order valence-electron chi connectivity index (χ2n) is 5.75. The fraction of sp³-hybridized carbons (Fsp3) is 0.235. The van der Waals surface area contributed by atoms with Gasteiger partial charge in [0.05, 0.1) is 12.2 Å². The van der Waals surface area contributed by atoms with Crippen molar-refractivity contribution >= 4 is 39.3 Å². The van der Waals surface area contributed by atoms with E-state index in [4.69, 9.17) is 9.84 Å². The van der Waals surface area contributed by atoms with Crippen LogP contribution in [0.25, 0.3) is 10.2 Å². The molecule has 3 aromatic rings. The zero-order valence-electron chi connectivity index (χ0n) is 13.3. The number of hydrogen-bond acceptors (Lipinski definition) is 6. The van der Waals surface area contributed by atoms with Crippen LogP contribution in [0.1, 0.15) is 6.42 Å². The van der Waals surface area contributed by atoms with Gasteiger partial charge in [0, 0.05) is 24.5 Å². The molecule has 2 aromatic heterocycles. The van der Waals surface area contributed by atoms with E-state index < -0.39 is 6.09 Å². The Kier molecular flexibility index (Phi) is 4.10. The molecule has 1 aromatic carbocycles. The minimum absolute atomic E-state index is 0.153. The van der Waals surface area contributed by atoms with Crippen LogP contribution < -0.4 is 10.1 Å². The molecule has 2 N–H and O–H groups in total. The van der Waals surface area contributed by atoms with Gasteiger partial charge in [0.2, 0.25) is 5.95 Å². The summed E-state index contributed by atoms with van der Waals surface area (Å²) in [6, 6.07) is 9.51. The van der Waals surface area contributed by atoms with Crippen molar-refractivity contribution in [2.45, 2.75) is 12.5 Å². The van der Waals surface area contributed by atoms with E-state index in [1.165, 1.54) is 4.90 Å². The van der Waals surface area contributed by atoms with Crippen molar-refractivity contribution in [2.75, 3.05) is 18.4 Å². The van der Waals surface area contributed by atoms with Gasteiger partial charge in [-0.15, -0.1) is 11.3 Å². The topological polar surface area (TPSA) is 87.6 Å². The van der Waals surface area contributed by atoms with E-state index >= 15 is 0 Å². The average Bonchev–Trinajstić information content (AvgIpc) is 3.25. The van der Waals surface area contributed by atoms with Crippen molar-refractivity contribution in [1.29, 1.82) is 0 Å². The molecule has 1 fully saturated rings. The smallest absolute Gasteiger partial charge is 0.407 e. The zero-order chi connectivity index (χ0) is 17.2. The summed E-state index contributed by atoms with van der Waals surface area (Å²) in [5.74, 6) is 1.17. The Bertz CT molecular complexity index is 914. The minimum atomic E-state index is -0.907. The Balaban J connectivity index is 1.51. The van der Waals surface area contributed by atoms with E-state index in [9.17, 15) is 4.79 Å². The molecule has 0 spiro atoms. The van der Waals surface area contributed by atoms with E-state index in [1.54, 1.807) is 17.5 Å². The first kappa shape index (κ1) is 15.6. The van der Waals surface area contributed by atoms with Gasteiger partial charge in [0.1, 0.15) is 16.7 Å². The molecule has 128 valence electrons. The van der Waals surface area contributed by atoms with Gasteiger partial charge in [-0.1, -0.05) is 12.1 Å². The number of nitrogens with zero attached hydrogens (tertiary/aromatic N) is 3. The first-order chi connectivity index (χ1) is 12.2. The van der Waals surface area contributed by atoms with Crippen LogP contribution in [-0.4, -0.2) is 45.3 Å². The highest BCUT2D eigenvalue weighted by molar-refractivity contribution is 7.16. The number of anilines is 2. The standard InChI is InChI=1S/C17H16N4O3S/c22-17(23)21-7-5-12(10-21)24-14-4-2-1-3-13(14)19-16-18-9-11-6-8-25-15(11)20-16/h1-4,6,8-9,12H,5,7,10H2,(H,22,23)(H,18,19,20). The van der Waals surface area contributed by atoms with E-state index in [0.29, 0.717) is 31.2 Å². The number of amides is 1. The van der Waals surface area contributed by atoms with Crippen molar-refractivity contribution in [1.82, 2.24) is 14.9 Å². The summed E-state index contributed by atoms with van der Waals surface area (Å²) in [5.41, 5.74) is 0.757. The third-order valence-corrected chi connectivity index (χ3v) is 4.87. The molecule has 7 nitrogen and oxygen atoms in total. The van der Waals surface area contributed by atoms with Crippen molar-refractivity contribution in [3.8, 4) is 5.75 Å². The van der Waals surface area contributed by atoms with Crippen molar-refractivity contribution in [3.05, 3.63) is 41.9 Å². The lowest BCUT2D eigenvalue weighted by atomic mass is 10.2. The number of rotatable bonds is 4. The van der Waals surface area contributed by atoms with Crippen molar-refractivity contribution < 1.29 is 14.6 Å². The number of nitrogens with one attached hydrogen (secondary N) is 1. The van der Waals surface area contributed by atoms with Crippen LogP contribution in [0.4, 0.5) is 16.4 Å². The molecule has 0 aliphatic carbocycles. The van der Waals surface area contributed by atoms with Gasteiger partial charge in [-0.2, -0.15) is 0 Å². The Morgan fingerprint density at radius 2 is 2.24 bits per heavy atom. The van der Waals surface area contributed by atoms with Crippen LogP contribution in [0.15, 0.2) is 41.9 Å². The van der Waals surface area contributed by atoms with Gasteiger partial charge < -0.3 is 20.1 Å². The molecule has 1 saturated heterocycles. The molecule has 3 heterocycles. The van der Waals surface area contributed by atoms with Gasteiger partial charge in [0.15, 0.2) is 0 Å². The Morgan fingerprint density at radius 1 is 1.36 bits per heavy atom. The van der Waals surface area contributed by atoms with E-state index in [1.807, 2.05) is 35.7 Å². The molecule has 1 aliphatic heterocycles. The molecule has 8 heteroatoms. The molecule has 0 saturated carbocycles. The van der Waals surface area contributed by atoms with Crippen molar-refractivity contribution in [2.24, 2.45) is 0 Å². The van der Waals surface area contributed by atoms with Gasteiger partial charge in [0.25, 0.3) is 0 Å². The maximum atomic E-state index is 11.0.